The molecule has 1 aromatic carbocycles. The first-order chi connectivity index (χ1) is 6.22. The number of nitrogens with two attached hydrogens (primary N) is 1. The van der Waals surface area contributed by atoms with Crippen LogP contribution in [0.5, 0.6) is 5.75 Å². The summed E-state index contributed by atoms with van der Waals surface area (Å²) in [4.78, 5) is 0. The Labute approximate surface area is 79.7 Å². The fraction of sp³-hybridized carbons (Fsp3) is 0.455. The maximum atomic E-state index is 5.56. The van der Waals surface area contributed by atoms with Crippen molar-refractivity contribution in [3.05, 3.63) is 29.8 Å². The lowest BCUT2D eigenvalue weighted by molar-refractivity contribution is 0.264. The monoisotopic (exact) mass is 179 g/mol. The first kappa shape index (κ1) is 10.1. The van der Waals surface area contributed by atoms with E-state index < -0.39 is 0 Å². The van der Waals surface area contributed by atoms with E-state index in [1.165, 1.54) is 5.56 Å². The largest absolute Gasteiger partial charge is 0.493 e. The maximum Gasteiger partial charge on any atom is 0.119 e. The lowest BCUT2D eigenvalue weighted by atomic mass is 10.2. The molecular formula is C11H17NO. The van der Waals surface area contributed by atoms with Gasteiger partial charge in [-0.3, -0.25) is 0 Å². The minimum absolute atomic E-state index is 0.417. The van der Waals surface area contributed by atoms with Crippen LogP contribution in [-0.2, 0) is 0 Å². The van der Waals surface area contributed by atoms with Gasteiger partial charge in [-0.1, -0.05) is 19.1 Å². The van der Waals surface area contributed by atoms with E-state index in [9.17, 15) is 0 Å². The van der Waals surface area contributed by atoms with Gasteiger partial charge in [0, 0.05) is 5.92 Å². The number of benzene rings is 1. The van der Waals surface area contributed by atoms with E-state index in [1.54, 1.807) is 0 Å². The quantitative estimate of drug-likeness (QED) is 0.767. The Bertz CT molecular complexity index is 260. The van der Waals surface area contributed by atoms with Crippen LogP contribution in [0.2, 0.25) is 0 Å². The van der Waals surface area contributed by atoms with Gasteiger partial charge in [-0.05, 0) is 31.2 Å². The molecule has 0 heterocycles. The van der Waals surface area contributed by atoms with E-state index in [-0.39, 0.29) is 0 Å². The van der Waals surface area contributed by atoms with E-state index in [0.29, 0.717) is 19.1 Å². The van der Waals surface area contributed by atoms with Gasteiger partial charge in [-0.25, -0.2) is 0 Å². The van der Waals surface area contributed by atoms with Gasteiger partial charge in [0.05, 0.1) is 6.61 Å². The summed E-state index contributed by atoms with van der Waals surface area (Å²) in [7, 11) is 0. The van der Waals surface area contributed by atoms with Gasteiger partial charge >= 0.3 is 0 Å². The Hall–Kier alpha value is -1.02. The van der Waals surface area contributed by atoms with Crippen molar-refractivity contribution in [2.45, 2.75) is 13.8 Å². The third-order valence-electron chi connectivity index (χ3n) is 1.93. The molecule has 0 amide bonds. The van der Waals surface area contributed by atoms with Crippen molar-refractivity contribution in [3.63, 3.8) is 0 Å². The normalized spacial score (nSPS) is 12.5. The molecule has 1 rings (SSSR count). The van der Waals surface area contributed by atoms with Crippen molar-refractivity contribution in [2.75, 3.05) is 13.2 Å². The summed E-state index contributed by atoms with van der Waals surface area (Å²) in [6, 6.07) is 8.05. The molecule has 0 aliphatic carbocycles. The lowest BCUT2D eigenvalue weighted by Crippen LogP contribution is -2.18. The summed E-state index contributed by atoms with van der Waals surface area (Å²) in [6.45, 7) is 5.50. The van der Waals surface area contributed by atoms with Crippen LogP contribution in [0.25, 0.3) is 0 Å². The molecule has 2 heteroatoms. The number of ether oxygens (including phenoxy) is 1. The highest BCUT2D eigenvalue weighted by atomic mass is 16.5. The number of hydrogen-bond acceptors (Lipinski definition) is 2. The molecule has 1 aromatic rings. The second-order valence-electron chi connectivity index (χ2n) is 3.47. The van der Waals surface area contributed by atoms with Crippen LogP contribution in [0.4, 0.5) is 0 Å². The molecular weight excluding hydrogens is 162 g/mol. The summed E-state index contributed by atoms with van der Waals surface area (Å²) in [5.74, 6) is 1.35. The molecule has 0 aliphatic rings. The SMILES string of the molecule is Cc1cccc(OC[C@@H](C)CN)c1. The maximum absolute atomic E-state index is 5.56. The van der Waals surface area contributed by atoms with E-state index in [4.69, 9.17) is 10.5 Å². The van der Waals surface area contributed by atoms with Crippen LogP contribution in [0.1, 0.15) is 12.5 Å². The molecule has 2 N–H and O–H groups in total. The van der Waals surface area contributed by atoms with Crippen LogP contribution in [0.3, 0.4) is 0 Å². The van der Waals surface area contributed by atoms with Gasteiger partial charge in [0.25, 0.3) is 0 Å². The van der Waals surface area contributed by atoms with Crippen LogP contribution in [-0.4, -0.2) is 13.2 Å². The topological polar surface area (TPSA) is 35.2 Å². The van der Waals surface area contributed by atoms with Gasteiger partial charge in [0.15, 0.2) is 0 Å². The van der Waals surface area contributed by atoms with Crippen molar-refractivity contribution in [1.82, 2.24) is 0 Å². The third-order valence-corrected chi connectivity index (χ3v) is 1.93. The van der Waals surface area contributed by atoms with Gasteiger partial charge in [0.2, 0.25) is 0 Å². The summed E-state index contributed by atoms with van der Waals surface area (Å²) in [5, 5.41) is 0. The highest BCUT2D eigenvalue weighted by Gasteiger charge is 1.99. The van der Waals surface area contributed by atoms with Crippen molar-refractivity contribution in [1.29, 1.82) is 0 Å². The predicted octanol–water partition coefficient (Wildman–Crippen LogP) is 1.97. The molecule has 0 aromatic heterocycles. The highest BCUT2D eigenvalue weighted by Crippen LogP contribution is 2.12. The van der Waals surface area contributed by atoms with E-state index in [2.05, 4.69) is 19.9 Å². The fourth-order valence-electron chi connectivity index (χ4n) is 1.01. The molecule has 0 aliphatic heterocycles. The summed E-state index contributed by atoms with van der Waals surface area (Å²) < 4.78 is 5.56. The molecule has 0 unspecified atom stereocenters. The first-order valence-electron chi connectivity index (χ1n) is 4.62. The summed E-state index contributed by atoms with van der Waals surface area (Å²) >= 11 is 0. The van der Waals surface area contributed by atoms with Crippen molar-refractivity contribution in [2.24, 2.45) is 11.7 Å². The zero-order chi connectivity index (χ0) is 9.68. The molecule has 0 bridgehead atoms. The van der Waals surface area contributed by atoms with E-state index >= 15 is 0 Å². The second-order valence-corrected chi connectivity index (χ2v) is 3.47. The van der Waals surface area contributed by atoms with Crippen LogP contribution >= 0.6 is 0 Å². The standard InChI is InChI=1S/C11H17NO/c1-9-4-3-5-11(6-9)13-8-10(2)7-12/h3-6,10H,7-8,12H2,1-2H3/t10-/m0/s1. The van der Waals surface area contributed by atoms with Crippen LogP contribution < -0.4 is 10.5 Å². The Morgan fingerprint density at radius 2 is 2.23 bits per heavy atom. The first-order valence-corrected chi connectivity index (χ1v) is 4.62. The van der Waals surface area contributed by atoms with Gasteiger partial charge in [-0.2, -0.15) is 0 Å². The molecule has 0 radical (unpaired) electrons. The minimum Gasteiger partial charge on any atom is -0.493 e. The zero-order valence-electron chi connectivity index (χ0n) is 8.29. The molecule has 0 spiro atoms. The minimum atomic E-state index is 0.417. The van der Waals surface area contributed by atoms with E-state index in [1.807, 2.05) is 18.2 Å². The molecule has 72 valence electrons. The Morgan fingerprint density at radius 3 is 2.85 bits per heavy atom. The van der Waals surface area contributed by atoms with Crippen LogP contribution in [0, 0.1) is 12.8 Å². The van der Waals surface area contributed by atoms with Gasteiger partial charge in [0.1, 0.15) is 5.75 Å². The molecule has 2 nitrogen and oxygen atoms in total. The molecule has 0 saturated heterocycles. The molecule has 0 fully saturated rings. The van der Waals surface area contributed by atoms with Crippen molar-refractivity contribution < 1.29 is 4.74 Å². The Morgan fingerprint density at radius 1 is 1.46 bits per heavy atom. The number of rotatable bonds is 4. The van der Waals surface area contributed by atoms with Crippen molar-refractivity contribution in [3.8, 4) is 5.75 Å². The average molecular weight is 179 g/mol. The lowest BCUT2D eigenvalue weighted by Gasteiger charge is -2.10. The van der Waals surface area contributed by atoms with Crippen LogP contribution in [0.15, 0.2) is 24.3 Å². The molecule has 13 heavy (non-hydrogen) atoms. The molecule has 1 atom stereocenters. The summed E-state index contributed by atoms with van der Waals surface area (Å²) in [6.07, 6.45) is 0. The average Bonchev–Trinajstić information content (AvgIpc) is 2.14. The Balaban J connectivity index is 2.45. The zero-order valence-corrected chi connectivity index (χ0v) is 8.29. The third kappa shape index (κ3) is 3.47. The van der Waals surface area contributed by atoms with Gasteiger partial charge in [-0.15, -0.1) is 0 Å². The van der Waals surface area contributed by atoms with Gasteiger partial charge < -0.3 is 10.5 Å². The number of hydrogen-bond donors (Lipinski definition) is 1. The molecule has 0 saturated carbocycles. The summed E-state index contributed by atoms with van der Waals surface area (Å²) in [5.41, 5.74) is 6.71. The van der Waals surface area contributed by atoms with Crippen molar-refractivity contribution >= 4 is 0 Å². The van der Waals surface area contributed by atoms with E-state index in [0.717, 1.165) is 5.75 Å². The smallest absolute Gasteiger partial charge is 0.119 e. The predicted molar refractivity (Wildman–Crippen MR) is 54.9 cm³/mol. The second kappa shape index (κ2) is 4.87. The fourth-order valence-corrected chi connectivity index (χ4v) is 1.01. The Kier molecular flexibility index (Phi) is 3.77. The number of aryl methyl sites for hydroxylation is 1. The highest BCUT2D eigenvalue weighted by molar-refractivity contribution is 5.27.